The van der Waals surface area contributed by atoms with Crippen LogP contribution in [0.4, 0.5) is 0 Å². The first-order valence-corrected chi connectivity index (χ1v) is 6.68. The van der Waals surface area contributed by atoms with E-state index in [2.05, 4.69) is 20.8 Å². The normalized spacial score (nSPS) is 16.7. The van der Waals surface area contributed by atoms with Gasteiger partial charge in [0.15, 0.2) is 0 Å². The van der Waals surface area contributed by atoms with E-state index in [0.29, 0.717) is 6.42 Å². The standard InChI is InChI=1S/C14H18N4O/c15-13(17-19)8-14-16-11-6-1-2-7-12(11)18(14)9-10-4-3-5-10/h1-2,6-7,10,19H,3-5,8-9H2,(H2,15,17). The van der Waals surface area contributed by atoms with Gasteiger partial charge in [-0.3, -0.25) is 0 Å². The number of para-hydroxylation sites is 2. The molecule has 1 heterocycles. The molecule has 1 aromatic carbocycles. The minimum Gasteiger partial charge on any atom is -0.409 e. The fraction of sp³-hybridized carbons (Fsp3) is 0.429. The Labute approximate surface area is 111 Å². The molecule has 5 heteroatoms. The number of rotatable bonds is 4. The van der Waals surface area contributed by atoms with Gasteiger partial charge in [0, 0.05) is 6.54 Å². The van der Waals surface area contributed by atoms with Crippen LogP contribution >= 0.6 is 0 Å². The number of amidine groups is 1. The van der Waals surface area contributed by atoms with Crippen molar-refractivity contribution in [2.75, 3.05) is 0 Å². The number of aromatic nitrogens is 2. The molecular weight excluding hydrogens is 240 g/mol. The zero-order chi connectivity index (χ0) is 13.2. The van der Waals surface area contributed by atoms with Gasteiger partial charge in [-0.2, -0.15) is 0 Å². The van der Waals surface area contributed by atoms with E-state index in [-0.39, 0.29) is 5.84 Å². The van der Waals surface area contributed by atoms with Crippen molar-refractivity contribution in [2.45, 2.75) is 32.2 Å². The molecule has 0 spiro atoms. The van der Waals surface area contributed by atoms with Crippen molar-refractivity contribution in [3.63, 3.8) is 0 Å². The molecule has 0 atom stereocenters. The number of nitrogens with zero attached hydrogens (tertiary/aromatic N) is 3. The summed E-state index contributed by atoms with van der Waals surface area (Å²) in [7, 11) is 0. The molecule has 1 saturated carbocycles. The molecule has 19 heavy (non-hydrogen) atoms. The van der Waals surface area contributed by atoms with E-state index in [9.17, 15) is 0 Å². The largest absolute Gasteiger partial charge is 0.409 e. The van der Waals surface area contributed by atoms with Crippen LogP contribution in [-0.2, 0) is 13.0 Å². The van der Waals surface area contributed by atoms with Gasteiger partial charge in [-0.05, 0) is 30.9 Å². The zero-order valence-corrected chi connectivity index (χ0v) is 10.8. The van der Waals surface area contributed by atoms with Gasteiger partial charge >= 0.3 is 0 Å². The van der Waals surface area contributed by atoms with Crippen LogP contribution in [0.5, 0.6) is 0 Å². The average Bonchev–Trinajstić information content (AvgIpc) is 2.71. The molecule has 0 radical (unpaired) electrons. The Morgan fingerprint density at radius 3 is 2.89 bits per heavy atom. The number of imidazole rings is 1. The molecule has 5 nitrogen and oxygen atoms in total. The van der Waals surface area contributed by atoms with E-state index in [1.165, 1.54) is 19.3 Å². The Morgan fingerprint density at radius 1 is 1.42 bits per heavy atom. The number of nitrogens with two attached hydrogens (primary N) is 1. The second-order valence-electron chi connectivity index (χ2n) is 5.19. The SMILES string of the molecule is NC(Cc1nc2ccccc2n1CC1CCC1)=NO. The highest BCUT2D eigenvalue weighted by atomic mass is 16.4. The Morgan fingerprint density at radius 2 is 2.21 bits per heavy atom. The maximum atomic E-state index is 8.73. The van der Waals surface area contributed by atoms with Crippen molar-refractivity contribution in [3.8, 4) is 0 Å². The Kier molecular flexibility index (Phi) is 3.11. The summed E-state index contributed by atoms with van der Waals surface area (Å²) in [4.78, 5) is 4.60. The monoisotopic (exact) mass is 258 g/mol. The highest BCUT2D eigenvalue weighted by molar-refractivity contribution is 5.83. The van der Waals surface area contributed by atoms with Crippen LogP contribution in [0, 0.1) is 5.92 Å². The highest BCUT2D eigenvalue weighted by Gasteiger charge is 2.21. The Balaban J connectivity index is 2.00. The number of hydrogen-bond acceptors (Lipinski definition) is 3. The van der Waals surface area contributed by atoms with Crippen LogP contribution in [0.3, 0.4) is 0 Å². The first-order valence-electron chi connectivity index (χ1n) is 6.68. The summed E-state index contributed by atoms with van der Waals surface area (Å²) in [5.41, 5.74) is 7.73. The van der Waals surface area contributed by atoms with E-state index in [1.807, 2.05) is 18.2 Å². The average molecular weight is 258 g/mol. The third kappa shape index (κ3) is 2.28. The topological polar surface area (TPSA) is 76.4 Å². The van der Waals surface area contributed by atoms with Gasteiger partial charge in [-0.25, -0.2) is 4.98 Å². The molecule has 0 amide bonds. The second kappa shape index (κ2) is 4.91. The van der Waals surface area contributed by atoms with Crippen molar-refractivity contribution in [1.82, 2.24) is 9.55 Å². The fourth-order valence-corrected chi connectivity index (χ4v) is 2.59. The molecule has 0 saturated heterocycles. The number of oxime groups is 1. The lowest BCUT2D eigenvalue weighted by atomic mass is 9.85. The fourth-order valence-electron chi connectivity index (χ4n) is 2.59. The van der Waals surface area contributed by atoms with Gasteiger partial charge in [0.05, 0.1) is 17.5 Å². The first kappa shape index (κ1) is 12.0. The van der Waals surface area contributed by atoms with E-state index < -0.39 is 0 Å². The van der Waals surface area contributed by atoms with Crippen LogP contribution in [0.25, 0.3) is 11.0 Å². The molecule has 100 valence electrons. The summed E-state index contributed by atoms with van der Waals surface area (Å²) in [5, 5.41) is 11.8. The Hall–Kier alpha value is -2.04. The van der Waals surface area contributed by atoms with Gasteiger partial charge in [-0.1, -0.05) is 23.7 Å². The van der Waals surface area contributed by atoms with Gasteiger partial charge in [0.1, 0.15) is 11.7 Å². The third-order valence-electron chi connectivity index (χ3n) is 3.87. The molecule has 3 rings (SSSR count). The third-order valence-corrected chi connectivity index (χ3v) is 3.87. The maximum Gasteiger partial charge on any atom is 0.146 e. The minimum absolute atomic E-state index is 0.199. The summed E-state index contributed by atoms with van der Waals surface area (Å²) in [6.07, 6.45) is 4.29. The van der Waals surface area contributed by atoms with Crippen molar-refractivity contribution >= 4 is 16.9 Å². The van der Waals surface area contributed by atoms with Crippen LogP contribution in [0.1, 0.15) is 25.1 Å². The molecular formula is C14H18N4O. The van der Waals surface area contributed by atoms with Crippen LogP contribution in [-0.4, -0.2) is 20.6 Å². The van der Waals surface area contributed by atoms with Gasteiger partial charge in [0.2, 0.25) is 0 Å². The smallest absolute Gasteiger partial charge is 0.146 e. The molecule has 1 aliphatic carbocycles. The summed E-state index contributed by atoms with van der Waals surface area (Å²) < 4.78 is 2.22. The minimum atomic E-state index is 0.199. The summed E-state index contributed by atoms with van der Waals surface area (Å²) in [5.74, 6) is 1.82. The van der Waals surface area contributed by atoms with Gasteiger partial charge < -0.3 is 15.5 Å². The zero-order valence-electron chi connectivity index (χ0n) is 10.8. The van der Waals surface area contributed by atoms with Gasteiger partial charge in [-0.15, -0.1) is 0 Å². The molecule has 0 unspecified atom stereocenters. The van der Waals surface area contributed by atoms with E-state index in [1.54, 1.807) is 0 Å². The van der Waals surface area contributed by atoms with Crippen molar-refractivity contribution in [3.05, 3.63) is 30.1 Å². The Bertz CT molecular complexity index is 613. The second-order valence-corrected chi connectivity index (χ2v) is 5.19. The molecule has 0 bridgehead atoms. The van der Waals surface area contributed by atoms with E-state index >= 15 is 0 Å². The lowest BCUT2D eigenvalue weighted by Crippen LogP contribution is -2.22. The maximum absolute atomic E-state index is 8.73. The summed E-state index contributed by atoms with van der Waals surface area (Å²) >= 11 is 0. The quantitative estimate of drug-likeness (QED) is 0.382. The number of benzene rings is 1. The van der Waals surface area contributed by atoms with E-state index in [0.717, 1.165) is 29.3 Å². The molecule has 1 fully saturated rings. The highest BCUT2D eigenvalue weighted by Crippen LogP contribution is 2.30. The number of hydrogen-bond donors (Lipinski definition) is 2. The predicted octanol–water partition coefficient (Wildman–Crippen LogP) is 2.13. The van der Waals surface area contributed by atoms with Crippen molar-refractivity contribution in [1.29, 1.82) is 0 Å². The predicted molar refractivity (Wildman–Crippen MR) is 74.2 cm³/mol. The van der Waals surface area contributed by atoms with Crippen LogP contribution < -0.4 is 5.73 Å². The molecule has 1 aliphatic rings. The molecule has 1 aromatic heterocycles. The number of fused-ring (bicyclic) bond motifs is 1. The summed E-state index contributed by atoms with van der Waals surface area (Å²) in [6, 6.07) is 8.09. The lowest BCUT2D eigenvalue weighted by Gasteiger charge is -2.26. The molecule has 3 N–H and O–H groups in total. The summed E-state index contributed by atoms with van der Waals surface area (Å²) in [6.45, 7) is 0.981. The van der Waals surface area contributed by atoms with Gasteiger partial charge in [0.25, 0.3) is 0 Å². The first-order chi connectivity index (χ1) is 9.28. The molecule has 0 aliphatic heterocycles. The van der Waals surface area contributed by atoms with Crippen molar-refractivity contribution in [2.24, 2.45) is 16.8 Å². The van der Waals surface area contributed by atoms with Crippen LogP contribution in [0.2, 0.25) is 0 Å². The van der Waals surface area contributed by atoms with Crippen molar-refractivity contribution < 1.29 is 5.21 Å². The molecule has 2 aromatic rings. The lowest BCUT2D eigenvalue weighted by molar-refractivity contribution is 0.277. The van der Waals surface area contributed by atoms with Crippen LogP contribution in [0.15, 0.2) is 29.4 Å². The van der Waals surface area contributed by atoms with E-state index in [4.69, 9.17) is 10.9 Å².